The van der Waals surface area contributed by atoms with Gasteiger partial charge in [-0.2, -0.15) is 0 Å². The van der Waals surface area contributed by atoms with E-state index in [1.54, 1.807) is 12.1 Å². The van der Waals surface area contributed by atoms with E-state index in [0.29, 0.717) is 24.1 Å². The molecule has 7 heteroatoms. The van der Waals surface area contributed by atoms with Crippen molar-refractivity contribution < 1.29 is 18.8 Å². The van der Waals surface area contributed by atoms with E-state index in [1.807, 2.05) is 26.0 Å². The molecular weight excluding hydrogens is 385 g/mol. The molecule has 0 bridgehead atoms. The number of fused-ring (bicyclic) bond motifs is 1. The monoisotopic (exact) mass is 411 g/mol. The summed E-state index contributed by atoms with van der Waals surface area (Å²) in [5.41, 5.74) is 1.13. The van der Waals surface area contributed by atoms with Crippen LogP contribution in [-0.2, 0) is 9.59 Å². The smallest absolute Gasteiger partial charge is 0.295 e. The normalized spacial score (nSPS) is 17.9. The summed E-state index contributed by atoms with van der Waals surface area (Å²) in [7, 11) is 0. The lowest BCUT2D eigenvalue weighted by molar-refractivity contribution is -0.125. The summed E-state index contributed by atoms with van der Waals surface area (Å²) in [5, 5.41) is 3.04. The molecule has 1 aromatic carbocycles. The molecule has 2 aliphatic rings. The third-order valence-electron chi connectivity index (χ3n) is 5.16. The molecule has 1 atom stereocenters. The molecule has 1 aliphatic heterocycles. The number of ketones is 1. The zero-order chi connectivity index (χ0) is 21.7. The van der Waals surface area contributed by atoms with Gasteiger partial charge in [0.15, 0.2) is 0 Å². The first-order valence-electron chi connectivity index (χ1n) is 10.3. The van der Waals surface area contributed by atoms with Crippen molar-refractivity contribution >= 4 is 28.5 Å². The van der Waals surface area contributed by atoms with Gasteiger partial charge in [0.1, 0.15) is 5.82 Å². The maximum absolute atomic E-state index is 14.1. The van der Waals surface area contributed by atoms with Gasteiger partial charge in [0.2, 0.25) is 0 Å². The molecule has 2 aromatic rings. The summed E-state index contributed by atoms with van der Waals surface area (Å²) in [4.78, 5) is 41.8. The van der Waals surface area contributed by atoms with E-state index in [0.717, 1.165) is 12.8 Å². The van der Waals surface area contributed by atoms with Crippen LogP contribution < -0.4 is 5.32 Å². The molecule has 2 amide bonds. The number of H-pyrrole nitrogens is 1. The average molecular weight is 411 g/mol. The zero-order valence-corrected chi connectivity index (χ0v) is 17.2. The molecule has 158 valence electrons. The summed E-state index contributed by atoms with van der Waals surface area (Å²) in [6.45, 7) is 4.63. The SMILES string of the molecule is CC.O=C(NC1CCN(C(=O)C(=O)c2c[nH]c3cccc(F)c23)C1)C1=CCCC=C1. The van der Waals surface area contributed by atoms with Crippen molar-refractivity contribution in [1.82, 2.24) is 15.2 Å². The Hall–Kier alpha value is -3.22. The third kappa shape index (κ3) is 4.35. The molecule has 2 heterocycles. The topological polar surface area (TPSA) is 82.3 Å². The van der Waals surface area contributed by atoms with Crippen LogP contribution in [0.25, 0.3) is 10.9 Å². The van der Waals surface area contributed by atoms with Crippen LogP contribution in [0, 0.1) is 5.82 Å². The van der Waals surface area contributed by atoms with E-state index < -0.39 is 17.5 Å². The minimum Gasteiger partial charge on any atom is -0.360 e. The number of nitrogens with zero attached hydrogens (tertiary/aromatic N) is 1. The largest absolute Gasteiger partial charge is 0.360 e. The van der Waals surface area contributed by atoms with Crippen molar-refractivity contribution in [3.8, 4) is 0 Å². The molecule has 0 saturated carbocycles. The maximum Gasteiger partial charge on any atom is 0.295 e. The second-order valence-corrected chi connectivity index (χ2v) is 7.04. The van der Waals surface area contributed by atoms with Crippen LogP contribution in [0.4, 0.5) is 4.39 Å². The molecule has 2 N–H and O–H groups in total. The molecule has 1 aliphatic carbocycles. The number of carbonyl (C=O) groups excluding carboxylic acids is 3. The average Bonchev–Trinajstić information content (AvgIpc) is 3.43. The van der Waals surface area contributed by atoms with Gasteiger partial charge in [-0.1, -0.05) is 38.1 Å². The molecular formula is C23H26FN3O3. The highest BCUT2D eigenvalue weighted by Crippen LogP contribution is 2.23. The van der Waals surface area contributed by atoms with Gasteiger partial charge in [0.05, 0.1) is 5.56 Å². The van der Waals surface area contributed by atoms with Crippen LogP contribution in [-0.4, -0.2) is 46.6 Å². The zero-order valence-electron chi connectivity index (χ0n) is 17.2. The molecule has 0 spiro atoms. The van der Waals surface area contributed by atoms with Crippen molar-refractivity contribution in [3.05, 3.63) is 59.6 Å². The fourth-order valence-corrected chi connectivity index (χ4v) is 3.69. The predicted octanol–water partition coefficient (Wildman–Crippen LogP) is 3.51. The lowest BCUT2D eigenvalue weighted by atomic mass is 10.1. The van der Waals surface area contributed by atoms with Crippen LogP contribution in [0.15, 0.2) is 48.2 Å². The minimum atomic E-state index is -0.749. The lowest BCUT2D eigenvalue weighted by Gasteiger charge is -2.17. The third-order valence-corrected chi connectivity index (χ3v) is 5.16. The fourth-order valence-electron chi connectivity index (χ4n) is 3.69. The van der Waals surface area contributed by atoms with Gasteiger partial charge in [0, 0.05) is 41.8 Å². The first kappa shape index (κ1) is 21.5. The number of benzene rings is 1. The Morgan fingerprint density at radius 1 is 1.20 bits per heavy atom. The lowest BCUT2D eigenvalue weighted by Crippen LogP contribution is -2.40. The minimum absolute atomic E-state index is 0.0306. The molecule has 6 nitrogen and oxygen atoms in total. The van der Waals surface area contributed by atoms with Crippen LogP contribution in [0.5, 0.6) is 0 Å². The molecule has 4 rings (SSSR count). The highest BCUT2D eigenvalue weighted by atomic mass is 19.1. The van der Waals surface area contributed by atoms with Crippen molar-refractivity contribution in [2.45, 2.75) is 39.2 Å². The number of allylic oxidation sites excluding steroid dienone is 2. The Labute approximate surface area is 174 Å². The number of aromatic nitrogens is 1. The second kappa shape index (κ2) is 9.52. The number of Topliss-reactive ketones (excluding diaryl/α,β-unsaturated/α-hetero) is 1. The predicted molar refractivity (Wildman–Crippen MR) is 114 cm³/mol. The molecule has 1 fully saturated rings. The van der Waals surface area contributed by atoms with Gasteiger partial charge >= 0.3 is 0 Å². The van der Waals surface area contributed by atoms with E-state index in [1.165, 1.54) is 23.2 Å². The number of nitrogens with one attached hydrogen (secondary N) is 2. The summed E-state index contributed by atoms with van der Waals surface area (Å²) in [6.07, 6.45) is 9.35. The van der Waals surface area contributed by atoms with E-state index in [2.05, 4.69) is 10.3 Å². The highest BCUT2D eigenvalue weighted by molar-refractivity contribution is 6.44. The number of hydrogen-bond donors (Lipinski definition) is 2. The van der Waals surface area contributed by atoms with Crippen LogP contribution >= 0.6 is 0 Å². The molecule has 30 heavy (non-hydrogen) atoms. The molecule has 1 saturated heterocycles. The van der Waals surface area contributed by atoms with E-state index >= 15 is 0 Å². The quantitative estimate of drug-likeness (QED) is 0.597. The summed E-state index contributed by atoms with van der Waals surface area (Å²) < 4.78 is 14.1. The van der Waals surface area contributed by atoms with Crippen LogP contribution in [0.2, 0.25) is 0 Å². The van der Waals surface area contributed by atoms with Crippen molar-refractivity contribution in [3.63, 3.8) is 0 Å². The van der Waals surface area contributed by atoms with Crippen molar-refractivity contribution in [2.75, 3.05) is 13.1 Å². The van der Waals surface area contributed by atoms with Crippen molar-refractivity contribution in [2.24, 2.45) is 0 Å². The van der Waals surface area contributed by atoms with Gasteiger partial charge in [-0.3, -0.25) is 14.4 Å². The first-order valence-corrected chi connectivity index (χ1v) is 10.3. The van der Waals surface area contributed by atoms with E-state index in [4.69, 9.17) is 0 Å². The number of aromatic amines is 1. The number of rotatable bonds is 4. The molecule has 1 unspecified atom stereocenters. The van der Waals surface area contributed by atoms with Gasteiger partial charge in [-0.15, -0.1) is 0 Å². The Morgan fingerprint density at radius 3 is 2.73 bits per heavy atom. The van der Waals surface area contributed by atoms with Gasteiger partial charge in [-0.05, 0) is 31.4 Å². The van der Waals surface area contributed by atoms with Gasteiger partial charge in [0.25, 0.3) is 17.6 Å². The Balaban J connectivity index is 0.00000124. The summed E-state index contributed by atoms with van der Waals surface area (Å²) in [5.74, 6) is -2.14. The number of hydrogen-bond acceptors (Lipinski definition) is 3. The first-order chi connectivity index (χ1) is 14.5. The maximum atomic E-state index is 14.1. The number of carbonyl (C=O) groups is 3. The molecule has 1 aromatic heterocycles. The van der Waals surface area contributed by atoms with Crippen LogP contribution in [0.1, 0.15) is 43.5 Å². The van der Waals surface area contributed by atoms with E-state index in [9.17, 15) is 18.8 Å². The Kier molecular flexibility index (Phi) is 6.82. The second-order valence-electron chi connectivity index (χ2n) is 7.04. The Bertz CT molecular complexity index is 1020. The van der Waals surface area contributed by atoms with E-state index in [-0.39, 0.29) is 29.4 Å². The number of halogens is 1. The highest BCUT2D eigenvalue weighted by Gasteiger charge is 2.32. The standard InChI is InChI=1S/C21H20FN3O3.C2H6/c22-16-7-4-8-17-18(16)15(11-23-17)19(26)21(28)25-10-9-14(12-25)24-20(27)13-5-2-1-3-6-13;1-2/h2,4-8,11,14,23H,1,3,9-10,12H2,(H,24,27);1-2H3. The Morgan fingerprint density at radius 2 is 2.00 bits per heavy atom. The van der Waals surface area contributed by atoms with Crippen LogP contribution in [0.3, 0.4) is 0 Å². The summed E-state index contributed by atoms with van der Waals surface area (Å²) >= 11 is 0. The van der Waals surface area contributed by atoms with Crippen molar-refractivity contribution in [1.29, 1.82) is 0 Å². The number of amides is 2. The molecule has 0 radical (unpaired) electrons. The fraction of sp³-hybridized carbons (Fsp3) is 0.348. The van der Waals surface area contributed by atoms with Gasteiger partial charge in [-0.25, -0.2) is 4.39 Å². The number of likely N-dealkylation sites (tertiary alicyclic amines) is 1. The summed E-state index contributed by atoms with van der Waals surface area (Å²) in [6, 6.07) is 4.23. The van der Waals surface area contributed by atoms with Gasteiger partial charge < -0.3 is 15.2 Å².